The summed E-state index contributed by atoms with van der Waals surface area (Å²) < 4.78 is 20.3. The van der Waals surface area contributed by atoms with Crippen LogP contribution in [0.25, 0.3) is 0 Å². The summed E-state index contributed by atoms with van der Waals surface area (Å²) in [7, 11) is 0. The van der Waals surface area contributed by atoms with E-state index in [1.165, 1.54) is 13.0 Å². The summed E-state index contributed by atoms with van der Waals surface area (Å²) >= 11 is 10.0. The molecule has 1 rings (SSSR count). The monoisotopic (exact) mass is 421 g/mol. The topological polar surface area (TPSA) is 78.5 Å². The molecule has 0 aromatic heterocycles. The molecule has 0 fully saturated rings. The molecule has 1 amide bonds. The molecule has 0 bridgehead atoms. The molecule has 0 heterocycles. The van der Waals surface area contributed by atoms with Crippen molar-refractivity contribution in [2.45, 2.75) is 58.5 Å². The summed E-state index contributed by atoms with van der Waals surface area (Å²) in [5.74, 6) is -1.30. The molecule has 0 saturated carbocycles. The molecule has 0 spiro atoms. The van der Waals surface area contributed by atoms with Crippen molar-refractivity contribution in [3.63, 3.8) is 0 Å². The SMILES string of the molecule is CC(C)C[C@](C)(C(=O)N[S+]([O-])c1cccc(Cl)c1Cl)C(=O)OC(C)(C)C. The molecule has 1 aromatic carbocycles. The van der Waals surface area contributed by atoms with E-state index in [4.69, 9.17) is 27.9 Å². The van der Waals surface area contributed by atoms with Crippen LogP contribution in [0.2, 0.25) is 10.0 Å². The smallest absolute Gasteiger partial charge is 0.322 e. The Morgan fingerprint density at radius 2 is 1.81 bits per heavy atom. The molecular weight excluding hydrogens is 397 g/mol. The van der Waals surface area contributed by atoms with Gasteiger partial charge in [0.25, 0.3) is 5.91 Å². The summed E-state index contributed by atoms with van der Waals surface area (Å²) in [6.45, 7) is 10.4. The Bertz CT molecular complexity index is 676. The van der Waals surface area contributed by atoms with Crippen LogP contribution in [-0.4, -0.2) is 22.0 Å². The minimum atomic E-state index is -1.96. The normalized spacial score (nSPS) is 15.3. The lowest BCUT2D eigenvalue weighted by atomic mass is 9.81. The molecule has 0 aliphatic rings. The zero-order chi connectivity index (χ0) is 20.3. The van der Waals surface area contributed by atoms with Crippen LogP contribution >= 0.6 is 23.2 Å². The third-order valence-electron chi connectivity index (χ3n) is 3.47. The van der Waals surface area contributed by atoms with Crippen molar-refractivity contribution in [3.05, 3.63) is 28.2 Å². The number of hydrogen-bond donors (Lipinski definition) is 1. The van der Waals surface area contributed by atoms with Crippen molar-refractivity contribution in [1.82, 2.24) is 4.72 Å². The number of nitrogens with one attached hydrogen (secondary N) is 1. The van der Waals surface area contributed by atoms with E-state index < -0.39 is 34.3 Å². The molecule has 5 nitrogen and oxygen atoms in total. The van der Waals surface area contributed by atoms with Crippen molar-refractivity contribution >= 4 is 46.4 Å². The first-order valence-corrected chi connectivity index (χ1v) is 10.1. The average Bonchev–Trinajstić information content (AvgIpc) is 2.47. The van der Waals surface area contributed by atoms with E-state index in [1.54, 1.807) is 32.9 Å². The van der Waals surface area contributed by atoms with E-state index in [9.17, 15) is 14.1 Å². The van der Waals surface area contributed by atoms with Crippen LogP contribution in [0, 0.1) is 11.3 Å². The predicted molar refractivity (Wildman–Crippen MR) is 104 cm³/mol. The van der Waals surface area contributed by atoms with Gasteiger partial charge in [-0.2, -0.15) is 4.72 Å². The van der Waals surface area contributed by atoms with Gasteiger partial charge in [-0.05, 0) is 52.2 Å². The first-order valence-electron chi connectivity index (χ1n) is 8.18. The van der Waals surface area contributed by atoms with E-state index in [0.717, 1.165) is 0 Å². The first kappa shape index (κ1) is 23.1. The Hall–Kier alpha value is -0.950. The molecule has 146 valence electrons. The fraction of sp³-hybridized carbons (Fsp3) is 0.556. The highest BCUT2D eigenvalue weighted by Crippen LogP contribution is 2.32. The standard InChI is InChI=1S/C18H25Cl2NO4S/c1-11(2)10-18(6,16(23)25-17(3,4)5)15(22)21-26(24)13-9-7-8-12(19)14(13)20/h7-9,11H,10H2,1-6H3,(H,21,22)/t18-,26?/m1/s1. The van der Waals surface area contributed by atoms with Crippen molar-refractivity contribution in [2.75, 3.05) is 0 Å². The van der Waals surface area contributed by atoms with Gasteiger partial charge in [-0.1, -0.05) is 43.1 Å². The maximum Gasteiger partial charge on any atom is 0.322 e. The molecule has 0 aliphatic heterocycles. The Morgan fingerprint density at radius 1 is 1.23 bits per heavy atom. The molecule has 8 heteroatoms. The molecule has 0 radical (unpaired) electrons. The van der Waals surface area contributed by atoms with E-state index in [1.807, 2.05) is 13.8 Å². The number of hydrogen-bond acceptors (Lipinski definition) is 4. The van der Waals surface area contributed by atoms with Gasteiger partial charge in [-0.25, -0.2) is 0 Å². The number of ether oxygens (including phenoxy) is 1. The van der Waals surface area contributed by atoms with Crippen molar-refractivity contribution in [1.29, 1.82) is 0 Å². The lowest BCUT2D eigenvalue weighted by molar-refractivity contribution is -0.170. The minimum absolute atomic E-state index is 0.0430. The summed E-state index contributed by atoms with van der Waals surface area (Å²) in [6.07, 6.45) is 0.244. The fourth-order valence-corrected chi connectivity index (χ4v) is 3.90. The molecule has 26 heavy (non-hydrogen) atoms. The number of carbonyl (C=O) groups excluding carboxylic acids is 2. The summed E-state index contributed by atoms with van der Waals surface area (Å²) in [5.41, 5.74) is -2.23. The zero-order valence-corrected chi connectivity index (χ0v) is 18.1. The second-order valence-electron chi connectivity index (χ2n) is 7.68. The average molecular weight is 422 g/mol. The lowest BCUT2D eigenvalue weighted by Crippen LogP contribution is -2.49. The van der Waals surface area contributed by atoms with Gasteiger partial charge in [-0.3, -0.25) is 9.59 Å². The fourth-order valence-electron chi connectivity index (χ4n) is 2.35. The molecule has 1 aromatic rings. The van der Waals surface area contributed by atoms with Crippen LogP contribution < -0.4 is 4.72 Å². The van der Waals surface area contributed by atoms with Gasteiger partial charge in [0.2, 0.25) is 0 Å². The largest absolute Gasteiger partial charge is 0.588 e. The third kappa shape index (κ3) is 6.05. The summed E-state index contributed by atoms with van der Waals surface area (Å²) in [5, 5.41) is 0.319. The van der Waals surface area contributed by atoms with E-state index in [2.05, 4.69) is 4.72 Å². The number of halogens is 2. The van der Waals surface area contributed by atoms with Crippen LogP contribution in [-0.2, 0) is 25.7 Å². The molecule has 2 atom stereocenters. The Morgan fingerprint density at radius 3 is 2.31 bits per heavy atom. The van der Waals surface area contributed by atoms with Gasteiger partial charge in [0.15, 0.2) is 4.90 Å². The van der Waals surface area contributed by atoms with Crippen LogP contribution in [0.3, 0.4) is 0 Å². The Kier molecular flexibility index (Phi) is 7.84. The maximum atomic E-state index is 12.8. The van der Waals surface area contributed by atoms with Gasteiger partial charge in [0, 0.05) is 0 Å². The number of amides is 1. The number of benzene rings is 1. The van der Waals surface area contributed by atoms with Gasteiger partial charge >= 0.3 is 5.97 Å². The molecule has 1 N–H and O–H groups in total. The summed E-state index contributed by atoms with van der Waals surface area (Å²) in [4.78, 5) is 25.7. The zero-order valence-electron chi connectivity index (χ0n) is 15.8. The highest BCUT2D eigenvalue weighted by Gasteiger charge is 2.46. The predicted octanol–water partition coefficient (Wildman–Crippen LogP) is 4.53. The van der Waals surface area contributed by atoms with E-state index in [-0.39, 0.29) is 27.3 Å². The number of esters is 1. The number of carbonyl (C=O) groups is 2. The van der Waals surface area contributed by atoms with Crippen molar-refractivity contribution in [3.8, 4) is 0 Å². The van der Waals surface area contributed by atoms with Gasteiger partial charge in [-0.15, -0.1) is 0 Å². The van der Waals surface area contributed by atoms with Gasteiger partial charge in [0.1, 0.15) is 27.4 Å². The van der Waals surface area contributed by atoms with E-state index >= 15 is 0 Å². The van der Waals surface area contributed by atoms with Crippen LogP contribution in [0.1, 0.15) is 48.0 Å². The van der Waals surface area contributed by atoms with Gasteiger partial charge in [0.05, 0.1) is 5.02 Å². The van der Waals surface area contributed by atoms with Crippen LogP contribution in [0.15, 0.2) is 23.1 Å². The minimum Gasteiger partial charge on any atom is -0.588 e. The lowest BCUT2D eigenvalue weighted by Gasteiger charge is -2.31. The quantitative estimate of drug-likeness (QED) is 0.415. The second-order valence-corrected chi connectivity index (χ2v) is 9.65. The maximum absolute atomic E-state index is 12.8. The van der Waals surface area contributed by atoms with Crippen LogP contribution in [0.4, 0.5) is 0 Å². The number of rotatable bonds is 6. The van der Waals surface area contributed by atoms with Gasteiger partial charge < -0.3 is 9.29 Å². The second kappa shape index (κ2) is 8.83. The van der Waals surface area contributed by atoms with Crippen LogP contribution in [0.5, 0.6) is 0 Å². The molecule has 1 unspecified atom stereocenters. The highest BCUT2D eigenvalue weighted by atomic mass is 35.5. The molecular formula is C18H25Cl2NO4S. The summed E-state index contributed by atoms with van der Waals surface area (Å²) in [6, 6.07) is 4.63. The van der Waals surface area contributed by atoms with Crippen molar-refractivity contribution in [2.24, 2.45) is 11.3 Å². The highest BCUT2D eigenvalue weighted by molar-refractivity contribution is 7.90. The third-order valence-corrected chi connectivity index (χ3v) is 5.51. The van der Waals surface area contributed by atoms with E-state index in [0.29, 0.717) is 0 Å². The Balaban J connectivity index is 3.09. The van der Waals surface area contributed by atoms with Crippen molar-refractivity contribution < 1.29 is 18.9 Å². The molecule has 0 saturated heterocycles. The Labute approximate surface area is 168 Å². The molecule has 0 aliphatic carbocycles. The first-order chi connectivity index (χ1) is 11.8.